The molecule has 0 radical (unpaired) electrons. The third kappa shape index (κ3) is 6.25. The second-order valence-electron chi connectivity index (χ2n) is 7.14. The van der Waals surface area contributed by atoms with Crippen LogP contribution >= 0.6 is 34.7 Å². The summed E-state index contributed by atoms with van der Waals surface area (Å²) in [6.07, 6.45) is 0. The molecule has 4 rings (SSSR count). The van der Waals surface area contributed by atoms with Crippen LogP contribution in [0.1, 0.15) is 11.1 Å². The van der Waals surface area contributed by atoms with Crippen molar-refractivity contribution in [2.75, 3.05) is 16.4 Å². The number of nitrogens with zero attached hydrogens (tertiary/aromatic N) is 2. The molecule has 1 aromatic heterocycles. The third-order valence-corrected chi connectivity index (χ3v) is 6.97. The molecule has 0 fully saturated rings. The van der Waals surface area contributed by atoms with Crippen molar-refractivity contribution in [3.63, 3.8) is 0 Å². The van der Waals surface area contributed by atoms with E-state index in [4.69, 9.17) is 16.3 Å². The number of aryl methyl sites for hydroxylation is 1. The molecule has 0 unspecified atom stereocenters. The number of thioether (sulfide) groups is 1. The predicted octanol–water partition coefficient (Wildman–Crippen LogP) is 7.08. The fourth-order valence-corrected chi connectivity index (χ4v) is 4.67. The van der Waals surface area contributed by atoms with Crippen molar-refractivity contribution in [1.82, 2.24) is 10.2 Å². The molecule has 4 aromatic rings. The average Bonchev–Trinajstić information content (AvgIpc) is 3.25. The molecule has 0 aliphatic heterocycles. The first-order chi connectivity index (χ1) is 16.0. The zero-order chi connectivity index (χ0) is 23.2. The lowest BCUT2D eigenvalue weighted by Crippen LogP contribution is -2.14. The highest BCUT2D eigenvalue weighted by atomic mass is 35.5. The molecule has 0 atom stereocenters. The van der Waals surface area contributed by atoms with E-state index in [1.807, 2.05) is 42.5 Å². The van der Waals surface area contributed by atoms with Gasteiger partial charge in [-0.3, -0.25) is 4.79 Å². The molecule has 6 nitrogen and oxygen atoms in total. The molecule has 9 heteroatoms. The number of rotatable bonds is 8. The van der Waals surface area contributed by atoms with Crippen LogP contribution in [0.15, 0.2) is 71.1 Å². The highest BCUT2D eigenvalue weighted by molar-refractivity contribution is 8.01. The Morgan fingerprint density at radius 1 is 1.03 bits per heavy atom. The normalized spacial score (nSPS) is 10.6. The molecule has 33 heavy (non-hydrogen) atoms. The quantitative estimate of drug-likeness (QED) is 0.254. The average molecular weight is 497 g/mol. The molecule has 0 aliphatic rings. The minimum absolute atomic E-state index is 0.176. The fraction of sp³-hybridized carbons (Fsp3) is 0.125. The van der Waals surface area contributed by atoms with Gasteiger partial charge in [0.1, 0.15) is 5.75 Å². The monoisotopic (exact) mass is 496 g/mol. The predicted molar refractivity (Wildman–Crippen MR) is 136 cm³/mol. The molecule has 0 aliphatic carbocycles. The summed E-state index contributed by atoms with van der Waals surface area (Å²) in [7, 11) is 0. The number of carbonyl (C=O) groups is 1. The minimum Gasteiger partial charge on any atom is -0.455 e. The smallest absolute Gasteiger partial charge is 0.234 e. The van der Waals surface area contributed by atoms with Crippen LogP contribution in [-0.2, 0) is 4.79 Å². The van der Waals surface area contributed by atoms with E-state index < -0.39 is 0 Å². The van der Waals surface area contributed by atoms with Crippen LogP contribution in [0.2, 0.25) is 5.02 Å². The summed E-state index contributed by atoms with van der Waals surface area (Å²) >= 11 is 8.85. The second kappa shape index (κ2) is 10.7. The van der Waals surface area contributed by atoms with Crippen molar-refractivity contribution >= 4 is 57.1 Å². The summed E-state index contributed by atoms with van der Waals surface area (Å²) in [4.78, 5) is 12.6. The van der Waals surface area contributed by atoms with Gasteiger partial charge in [0.25, 0.3) is 0 Å². The number of carbonyl (C=O) groups excluding carboxylic acids is 1. The molecule has 1 heterocycles. The zero-order valence-electron chi connectivity index (χ0n) is 18.0. The SMILES string of the molecule is Cc1cccc(Nc2nnc(SCC(=O)Nc3cc(Cl)ccc3Oc3ccccc3)s2)c1C. The highest BCUT2D eigenvalue weighted by Gasteiger charge is 2.13. The topological polar surface area (TPSA) is 76.1 Å². The van der Waals surface area contributed by atoms with Crippen LogP contribution < -0.4 is 15.4 Å². The molecular weight excluding hydrogens is 476 g/mol. The summed E-state index contributed by atoms with van der Waals surface area (Å²) in [6.45, 7) is 4.13. The summed E-state index contributed by atoms with van der Waals surface area (Å²) in [5.74, 6) is 1.16. The molecule has 3 aromatic carbocycles. The number of benzene rings is 3. The first kappa shape index (κ1) is 23.1. The van der Waals surface area contributed by atoms with Crippen molar-refractivity contribution < 1.29 is 9.53 Å². The Labute approximate surface area is 205 Å². The van der Waals surface area contributed by atoms with Crippen LogP contribution in [0.25, 0.3) is 0 Å². The van der Waals surface area contributed by atoms with Gasteiger partial charge in [-0.2, -0.15) is 0 Å². The maximum absolute atomic E-state index is 12.6. The lowest BCUT2D eigenvalue weighted by Gasteiger charge is -2.12. The molecule has 0 saturated heterocycles. The van der Waals surface area contributed by atoms with Crippen LogP contribution in [0.4, 0.5) is 16.5 Å². The van der Waals surface area contributed by atoms with Crippen LogP contribution in [0, 0.1) is 13.8 Å². The fourth-order valence-electron chi connectivity index (χ4n) is 2.94. The second-order valence-corrected chi connectivity index (χ2v) is 9.77. The van der Waals surface area contributed by atoms with Crippen molar-refractivity contribution in [3.05, 3.63) is 82.9 Å². The largest absolute Gasteiger partial charge is 0.455 e. The maximum atomic E-state index is 12.6. The van der Waals surface area contributed by atoms with Crippen molar-refractivity contribution in [2.24, 2.45) is 0 Å². The molecule has 0 saturated carbocycles. The number of hydrogen-bond acceptors (Lipinski definition) is 7. The Balaban J connectivity index is 1.36. The van der Waals surface area contributed by atoms with Gasteiger partial charge in [0.05, 0.1) is 11.4 Å². The summed E-state index contributed by atoms with van der Waals surface area (Å²) in [5.41, 5.74) is 3.86. The Kier molecular flexibility index (Phi) is 7.49. The van der Waals surface area contributed by atoms with E-state index >= 15 is 0 Å². The summed E-state index contributed by atoms with van der Waals surface area (Å²) in [6, 6.07) is 20.5. The number of ether oxygens (including phenoxy) is 1. The summed E-state index contributed by atoms with van der Waals surface area (Å²) < 4.78 is 6.60. The molecule has 1 amide bonds. The van der Waals surface area contributed by atoms with Gasteiger partial charge in [0, 0.05) is 10.7 Å². The van der Waals surface area contributed by atoms with Crippen molar-refractivity contribution in [1.29, 1.82) is 0 Å². The molecule has 0 spiro atoms. The molecular formula is C24H21ClN4O2S2. The number of nitrogens with one attached hydrogen (secondary N) is 2. The van der Waals surface area contributed by atoms with Gasteiger partial charge in [0.15, 0.2) is 10.1 Å². The lowest BCUT2D eigenvalue weighted by molar-refractivity contribution is -0.113. The number of hydrogen-bond donors (Lipinski definition) is 2. The molecule has 0 bridgehead atoms. The van der Waals surface area contributed by atoms with Crippen LogP contribution in [0.5, 0.6) is 11.5 Å². The van der Waals surface area contributed by atoms with Gasteiger partial charge < -0.3 is 15.4 Å². The van der Waals surface area contributed by atoms with Gasteiger partial charge in [0.2, 0.25) is 11.0 Å². The molecule has 168 valence electrons. The van der Waals surface area contributed by atoms with E-state index in [9.17, 15) is 4.79 Å². The number of anilines is 3. The lowest BCUT2D eigenvalue weighted by atomic mass is 10.1. The Hall–Kier alpha value is -3.07. The summed E-state index contributed by atoms with van der Waals surface area (Å²) in [5, 5.41) is 15.7. The van der Waals surface area contributed by atoms with Gasteiger partial charge in [-0.1, -0.05) is 65.0 Å². The zero-order valence-corrected chi connectivity index (χ0v) is 20.4. The van der Waals surface area contributed by atoms with Gasteiger partial charge >= 0.3 is 0 Å². The molecule has 2 N–H and O–H groups in total. The maximum Gasteiger partial charge on any atom is 0.234 e. The van der Waals surface area contributed by atoms with Crippen molar-refractivity contribution in [3.8, 4) is 11.5 Å². The first-order valence-electron chi connectivity index (χ1n) is 10.1. The standard InChI is InChI=1S/C24H21ClN4O2S2/c1-15-7-6-10-19(16(15)2)27-23-28-29-24(33-23)32-14-22(30)26-20-13-17(25)11-12-21(20)31-18-8-4-3-5-9-18/h3-13H,14H2,1-2H3,(H,26,30)(H,27,28). The first-order valence-corrected chi connectivity index (χ1v) is 12.3. The number of para-hydroxylation sites is 1. The Morgan fingerprint density at radius 3 is 2.67 bits per heavy atom. The van der Waals surface area contributed by atoms with E-state index in [0.29, 0.717) is 31.7 Å². The van der Waals surface area contributed by atoms with Gasteiger partial charge in [-0.15, -0.1) is 10.2 Å². The third-order valence-electron chi connectivity index (χ3n) is 4.77. The van der Waals surface area contributed by atoms with E-state index in [-0.39, 0.29) is 11.7 Å². The van der Waals surface area contributed by atoms with E-state index in [2.05, 4.69) is 40.7 Å². The highest BCUT2D eigenvalue weighted by Crippen LogP contribution is 2.33. The minimum atomic E-state index is -0.195. The van der Waals surface area contributed by atoms with E-state index in [1.165, 1.54) is 28.7 Å². The number of amides is 1. The number of aromatic nitrogens is 2. The van der Waals surface area contributed by atoms with E-state index in [1.54, 1.807) is 18.2 Å². The van der Waals surface area contributed by atoms with Gasteiger partial charge in [-0.25, -0.2) is 0 Å². The Bertz CT molecular complexity index is 1260. The van der Waals surface area contributed by atoms with Gasteiger partial charge in [-0.05, 0) is 61.4 Å². The Morgan fingerprint density at radius 2 is 1.85 bits per heavy atom. The van der Waals surface area contributed by atoms with Crippen LogP contribution in [0.3, 0.4) is 0 Å². The van der Waals surface area contributed by atoms with E-state index in [0.717, 1.165) is 11.3 Å². The number of halogens is 1. The van der Waals surface area contributed by atoms with Crippen molar-refractivity contribution in [2.45, 2.75) is 18.2 Å². The van der Waals surface area contributed by atoms with Crippen LogP contribution in [-0.4, -0.2) is 21.9 Å².